The van der Waals surface area contributed by atoms with Gasteiger partial charge in [0.25, 0.3) is 0 Å². The van der Waals surface area contributed by atoms with E-state index in [0.717, 1.165) is 60.7 Å². The summed E-state index contributed by atoms with van der Waals surface area (Å²) in [5, 5.41) is 9.25. The van der Waals surface area contributed by atoms with Gasteiger partial charge in [0.2, 0.25) is 0 Å². The van der Waals surface area contributed by atoms with E-state index >= 15 is 0 Å². The lowest BCUT2D eigenvalue weighted by Gasteiger charge is -2.10. The van der Waals surface area contributed by atoms with Crippen LogP contribution in [0.25, 0.3) is 115 Å². The highest BCUT2D eigenvalue weighted by Gasteiger charge is 2.21. The van der Waals surface area contributed by atoms with Crippen molar-refractivity contribution in [1.82, 2.24) is 19.5 Å². The molecule has 6 heteroatoms. The molecule has 55 heavy (non-hydrogen) atoms. The summed E-state index contributed by atoms with van der Waals surface area (Å²) in [5.41, 5.74) is 7.77. The summed E-state index contributed by atoms with van der Waals surface area (Å²) >= 11 is 1.79. The fraction of sp³-hybridized carbons (Fsp3) is 0. The molecule has 0 N–H and O–H groups in total. The number of hydrogen-bond acceptors (Lipinski definition) is 5. The average molecular weight is 721 g/mol. The van der Waals surface area contributed by atoms with Gasteiger partial charge in [0, 0.05) is 70.2 Å². The van der Waals surface area contributed by atoms with E-state index in [1.165, 1.54) is 36.3 Å². The zero-order chi connectivity index (χ0) is 36.0. The molecule has 256 valence electrons. The molecule has 0 saturated heterocycles. The largest absolute Gasteiger partial charge is 0.456 e. The van der Waals surface area contributed by atoms with Gasteiger partial charge >= 0.3 is 0 Å². The molecule has 0 atom stereocenters. The van der Waals surface area contributed by atoms with Crippen molar-refractivity contribution in [2.45, 2.75) is 0 Å². The zero-order valence-corrected chi connectivity index (χ0v) is 30.1. The topological polar surface area (TPSA) is 56.7 Å². The van der Waals surface area contributed by atoms with Crippen LogP contribution in [-0.2, 0) is 0 Å². The van der Waals surface area contributed by atoms with Crippen LogP contribution >= 0.6 is 11.3 Å². The van der Waals surface area contributed by atoms with Crippen LogP contribution in [0, 0.1) is 0 Å². The van der Waals surface area contributed by atoms with E-state index in [0.29, 0.717) is 17.5 Å². The zero-order valence-electron chi connectivity index (χ0n) is 29.3. The molecule has 0 amide bonds. The first-order chi connectivity index (χ1) is 27.2. The minimum Gasteiger partial charge on any atom is -0.456 e. The second-order valence-electron chi connectivity index (χ2n) is 14.0. The van der Waals surface area contributed by atoms with Gasteiger partial charge in [0.05, 0.1) is 11.0 Å². The Morgan fingerprint density at radius 2 is 1.09 bits per heavy atom. The predicted molar refractivity (Wildman–Crippen MR) is 228 cm³/mol. The maximum absolute atomic E-state index is 6.69. The van der Waals surface area contributed by atoms with Gasteiger partial charge in [-0.25, -0.2) is 15.0 Å². The monoisotopic (exact) mass is 720 g/mol. The Morgan fingerprint density at radius 3 is 1.95 bits per heavy atom. The maximum Gasteiger partial charge on any atom is 0.164 e. The molecule has 12 rings (SSSR count). The van der Waals surface area contributed by atoms with Gasteiger partial charge in [-0.05, 0) is 59.3 Å². The lowest BCUT2D eigenvalue weighted by atomic mass is 10.0. The van der Waals surface area contributed by atoms with Gasteiger partial charge in [0.15, 0.2) is 17.5 Å². The molecule has 0 unspecified atom stereocenters. The number of thiophene rings is 1. The molecule has 8 aromatic carbocycles. The summed E-state index contributed by atoms with van der Waals surface area (Å²) < 4.78 is 11.5. The Morgan fingerprint density at radius 1 is 0.418 bits per heavy atom. The lowest BCUT2D eigenvalue weighted by Crippen LogP contribution is -2.00. The number of benzene rings is 8. The first-order valence-electron chi connectivity index (χ1n) is 18.4. The summed E-state index contributed by atoms with van der Waals surface area (Å²) in [6, 6.07) is 59.6. The van der Waals surface area contributed by atoms with Gasteiger partial charge in [0.1, 0.15) is 11.2 Å². The van der Waals surface area contributed by atoms with Crippen LogP contribution in [-0.4, -0.2) is 19.5 Å². The van der Waals surface area contributed by atoms with Crippen molar-refractivity contribution in [3.63, 3.8) is 0 Å². The fourth-order valence-electron chi connectivity index (χ4n) is 8.37. The molecule has 0 spiro atoms. The minimum absolute atomic E-state index is 0.604. The highest BCUT2D eigenvalue weighted by atomic mass is 32.1. The third-order valence-electron chi connectivity index (χ3n) is 10.8. The number of furan rings is 1. The molecule has 0 aliphatic heterocycles. The van der Waals surface area contributed by atoms with Crippen LogP contribution in [0.4, 0.5) is 0 Å². The Labute approximate surface area is 318 Å². The van der Waals surface area contributed by atoms with E-state index in [9.17, 15) is 0 Å². The summed E-state index contributed by atoms with van der Waals surface area (Å²) in [5.74, 6) is 1.87. The number of para-hydroxylation sites is 1. The molecule has 4 heterocycles. The van der Waals surface area contributed by atoms with E-state index in [2.05, 4.69) is 144 Å². The van der Waals surface area contributed by atoms with Gasteiger partial charge in [-0.3, -0.25) is 0 Å². The summed E-state index contributed by atoms with van der Waals surface area (Å²) in [4.78, 5) is 15.5. The first-order valence-corrected chi connectivity index (χ1v) is 19.2. The van der Waals surface area contributed by atoms with E-state index in [4.69, 9.17) is 19.4 Å². The molecular weight excluding hydrogens is 693 g/mol. The average Bonchev–Trinajstić information content (AvgIpc) is 3.92. The molecule has 0 aliphatic rings. The van der Waals surface area contributed by atoms with Gasteiger partial charge < -0.3 is 8.98 Å². The molecule has 4 aromatic heterocycles. The van der Waals surface area contributed by atoms with Crippen LogP contribution in [0.5, 0.6) is 0 Å². The predicted octanol–water partition coefficient (Wildman–Crippen LogP) is 13.4. The maximum atomic E-state index is 6.69. The number of rotatable bonds is 4. The molecule has 12 aromatic rings. The van der Waals surface area contributed by atoms with E-state index in [1.807, 2.05) is 30.3 Å². The van der Waals surface area contributed by atoms with Crippen molar-refractivity contribution in [3.05, 3.63) is 170 Å². The molecule has 0 bridgehead atoms. The summed E-state index contributed by atoms with van der Waals surface area (Å²) in [7, 11) is 0. The highest BCUT2D eigenvalue weighted by Crippen LogP contribution is 2.42. The van der Waals surface area contributed by atoms with Crippen molar-refractivity contribution in [1.29, 1.82) is 0 Å². The molecule has 0 aliphatic carbocycles. The van der Waals surface area contributed by atoms with E-state index < -0.39 is 0 Å². The standard InChI is InChI=1S/C49H28N4OS/c1-2-12-29(13-3-1)47-50-48(52-49(51-47)37-19-11-23-44-46(37)35-17-7-9-22-43(35)55-44)36-18-10-21-41-45(36)34-25-24-32(28-42(34)54-41)53-39-20-8-6-16-33(39)38-26-30-14-4-5-15-31(30)27-40(38)53/h1-28H. The van der Waals surface area contributed by atoms with Crippen LogP contribution in [0.15, 0.2) is 174 Å². The van der Waals surface area contributed by atoms with Crippen LogP contribution in [0.1, 0.15) is 0 Å². The number of hydrogen-bond donors (Lipinski definition) is 0. The first kappa shape index (κ1) is 30.3. The second-order valence-corrected chi connectivity index (χ2v) is 15.1. The van der Waals surface area contributed by atoms with Gasteiger partial charge in [-0.2, -0.15) is 0 Å². The van der Waals surface area contributed by atoms with Gasteiger partial charge in [-0.15, -0.1) is 11.3 Å². The smallest absolute Gasteiger partial charge is 0.164 e. The van der Waals surface area contributed by atoms with Crippen LogP contribution in [0.2, 0.25) is 0 Å². The highest BCUT2D eigenvalue weighted by molar-refractivity contribution is 7.25. The number of aromatic nitrogens is 4. The van der Waals surface area contributed by atoms with E-state index in [-0.39, 0.29) is 0 Å². The normalized spacial score (nSPS) is 12.0. The Hall–Kier alpha value is -7.15. The Kier molecular flexibility index (Phi) is 6.44. The van der Waals surface area contributed by atoms with Crippen molar-refractivity contribution in [2.24, 2.45) is 0 Å². The SMILES string of the molecule is c1ccc(-c2nc(-c3cccc4oc5cc(-n6c7ccccc7c7cc8ccccc8cc76)ccc5c34)nc(-c3cccc4sc5ccccc5c34)n2)cc1. The van der Waals surface area contributed by atoms with Gasteiger partial charge in [-0.1, -0.05) is 115 Å². The van der Waals surface area contributed by atoms with Crippen LogP contribution < -0.4 is 0 Å². The molecule has 0 saturated carbocycles. The number of nitrogens with zero attached hydrogens (tertiary/aromatic N) is 4. The minimum atomic E-state index is 0.604. The Bertz CT molecular complexity index is 3500. The molecular formula is C49H28N4OS. The molecule has 0 fully saturated rings. The fourth-order valence-corrected chi connectivity index (χ4v) is 9.50. The summed E-state index contributed by atoms with van der Waals surface area (Å²) in [6.45, 7) is 0. The lowest BCUT2D eigenvalue weighted by molar-refractivity contribution is 0.668. The third-order valence-corrected chi connectivity index (χ3v) is 12.0. The quantitative estimate of drug-likeness (QED) is 0.182. The van der Waals surface area contributed by atoms with Crippen molar-refractivity contribution >= 4 is 86.0 Å². The van der Waals surface area contributed by atoms with Crippen molar-refractivity contribution in [3.8, 4) is 39.9 Å². The van der Waals surface area contributed by atoms with E-state index in [1.54, 1.807) is 11.3 Å². The van der Waals surface area contributed by atoms with Crippen LogP contribution in [0.3, 0.4) is 0 Å². The summed E-state index contributed by atoms with van der Waals surface area (Å²) in [6.07, 6.45) is 0. The second kappa shape index (κ2) is 11.7. The van der Waals surface area contributed by atoms with Crippen molar-refractivity contribution < 1.29 is 4.42 Å². The third kappa shape index (κ3) is 4.62. The number of fused-ring (bicyclic) bond motifs is 10. The molecule has 5 nitrogen and oxygen atoms in total. The Balaban J connectivity index is 1.08. The molecule has 0 radical (unpaired) electrons. The van der Waals surface area contributed by atoms with Crippen molar-refractivity contribution in [2.75, 3.05) is 0 Å².